The number of nitrogens with one attached hydrogen (secondary N) is 2. The van der Waals surface area contributed by atoms with Gasteiger partial charge >= 0.3 is 0 Å². The largest absolute Gasteiger partial charge is 0.350 e. The van der Waals surface area contributed by atoms with Crippen molar-refractivity contribution < 1.29 is 4.79 Å². The fourth-order valence-corrected chi connectivity index (χ4v) is 1.71. The predicted molar refractivity (Wildman–Crippen MR) is 78.3 cm³/mol. The van der Waals surface area contributed by atoms with Crippen LogP contribution in [0.1, 0.15) is 33.3 Å². The lowest BCUT2D eigenvalue weighted by Gasteiger charge is -2.23. The van der Waals surface area contributed by atoms with Crippen LogP contribution in [0.25, 0.3) is 0 Å². The lowest BCUT2D eigenvalue weighted by atomic mass is 10.1. The molecule has 4 heteroatoms. The summed E-state index contributed by atoms with van der Waals surface area (Å²) >= 11 is 3.40. The van der Waals surface area contributed by atoms with Gasteiger partial charge in [-0.1, -0.05) is 28.1 Å². The van der Waals surface area contributed by atoms with Gasteiger partial charge in [0.2, 0.25) is 5.91 Å². The third-order valence-electron chi connectivity index (χ3n) is 2.42. The summed E-state index contributed by atoms with van der Waals surface area (Å²) in [6.07, 6.45) is 0. The second kappa shape index (κ2) is 6.34. The van der Waals surface area contributed by atoms with Gasteiger partial charge < -0.3 is 10.6 Å². The van der Waals surface area contributed by atoms with Gasteiger partial charge in [-0.3, -0.25) is 4.79 Å². The third kappa shape index (κ3) is 5.65. The number of amides is 1. The molecular weight excluding hydrogens is 292 g/mol. The van der Waals surface area contributed by atoms with Crippen LogP contribution in [0.15, 0.2) is 28.7 Å². The predicted octanol–water partition coefficient (Wildman–Crippen LogP) is 2.84. The van der Waals surface area contributed by atoms with E-state index in [1.54, 1.807) is 0 Å². The first-order valence-corrected chi connectivity index (χ1v) is 6.87. The molecule has 3 nitrogen and oxygen atoms in total. The lowest BCUT2D eigenvalue weighted by molar-refractivity contribution is -0.124. The van der Waals surface area contributed by atoms with Gasteiger partial charge in [0.15, 0.2) is 0 Å². The highest BCUT2D eigenvalue weighted by molar-refractivity contribution is 9.10. The summed E-state index contributed by atoms with van der Waals surface area (Å²) in [7, 11) is 0. The molecule has 1 atom stereocenters. The molecule has 0 spiro atoms. The van der Waals surface area contributed by atoms with E-state index < -0.39 is 0 Å². The zero-order valence-electron chi connectivity index (χ0n) is 11.4. The number of halogens is 1. The van der Waals surface area contributed by atoms with Gasteiger partial charge in [0, 0.05) is 16.6 Å². The number of carbonyl (C=O) groups is 1. The second-order valence-corrected chi connectivity index (χ2v) is 6.38. The van der Waals surface area contributed by atoms with Crippen LogP contribution in [-0.2, 0) is 11.3 Å². The third-order valence-corrected chi connectivity index (χ3v) is 2.95. The molecule has 0 radical (unpaired) electrons. The van der Waals surface area contributed by atoms with Crippen molar-refractivity contribution in [2.24, 2.45) is 0 Å². The number of hydrogen-bond donors (Lipinski definition) is 2. The molecular formula is C14H21BrN2O. The molecule has 100 valence electrons. The average molecular weight is 313 g/mol. The zero-order valence-corrected chi connectivity index (χ0v) is 13.0. The number of benzene rings is 1. The first kappa shape index (κ1) is 15.2. The Morgan fingerprint density at radius 3 is 2.33 bits per heavy atom. The highest BCUT2D eigenvalue weighted by Gasteiger charge is 2.18. The maximum atomic E-state index is 11.9. The van der Waals surface area contributed by atoms with Gasteiger partial charge in [-0.05, 0) is 45.4 Å². The molecule has 1 aromatic rings. The van der Waals surface area contributed by atoms with E-state index in [-0.39, 0.29) is 17.5 Å². The second-order valence-electron chi connectivity index (χ2n) is 5.47. The molecule has 0 aliphatic heterocycles. The van der Waals surface area contributed by atoms with E-state index in [9.17, 15) is 4.79 Å². The molecule has 0 fully saturated rings. The topological polar surface area (TPSA) is 41.1 Å². The Morgan fingerprint density at radius 2 is 1.83 bits per heavy atom. The van der Waals surface area contributed by atoms with Crippen LogP contribution in [0.5, 0.6) is 0 Å². The van der Waals surface area contributed by atoms with Crippen molar-refractivity contribution in [2.75, 3.05) is 0 Å². The maximum Gasteiger partial charge on any atom is 0.237 e. The van der Waals surface area contributed by atoms with Crippen LogP contribution in [0.2, 0.25) is 0 Å². The molecule has 0 saturated carbocycles. The van der Waals surface area contributed by atoms with Crippen molar-refractivity contribution >= 4 is 21.8 Å². The zero-order chi connectivity index (χ0) is 13.8. The summed E-state index contributed by atoms with van der Waals surface area (Å²) in [6, 6.07) is 7.86. The van der Waals surface area contributed by atoms with Crippen LogP contribution in [0.4, 0.5) is 0 Å². The van der Waals surface area contributed by atoms with E-state index in [4.69, 9.17) is 0 Å². The summed E-state index contributed by atoms with van der Waals surface area (Å²) < 4.78 is 1.06. The first-order valence-electron chi connectivity index (χ1n) is 6.08. The maximum absolute atomic E-state index is 11.9. The monoisotopic (exact) mass is 312 g/mol. The molecule has 0 bridgehead atoms. The Bertz CT molecular complexity index is 395. The molecule has 2 N–H and O–H groups in total. The van der Waals surface area contributed by atoms with Crippen molar-refractivity contribution in [3.8, 4) is 0 Å². The summed E-state index contributed by atoms with van der Waals surface area (Å²) in [5.41, 5.74) is 0.971. The van der Waals surface area contributed by atoms with Crippen LogP contribution in [-0.4, -0.2) is 17.5 Å². The van der Waals surface area contributed by atoms with Gasteiger partial charge in [-0.25, -0.2) is 0 Å². The molecule has 1 unspecified atom stereocenters. The molecule has 0 heterocycles. The van der Waals surface area contributed by atoms with Crippen molar-refractivity contribution in [1.82, 2.24) is 10.6 Å². The average Bonchev–Trinajstić information content (AvgIpc) is 2.25. The van der Waals surface area contributed by atoms with E-state index in [2.05, 4.69) is 26.6 Å². The highest BCUT2D eigenvalue weighted by Crippen LogP contribution is 2.10. The Labute approximate surface area is 117 Å². The Balaban J connectivity index is 2.43. The van der Waals surface area contributed by atoms with Gasteiger partial charge in [0.25, 0.3) is 0 Å². The fourth-order valence-electron chi connectivity index (χ4n) is 1.44. The van der Waals surface area contributed by atoms with E-state index >= 15 is 0 Å². The number of rotatable bonds is 4. The SMILES string of the molecule is CC(NCc1ccc(Br)cc1)C(=O)NC(C)(C)C. The van der Waals surface area contributed by atoms with Gasteiger partial charge in [0.1, 0.15) is 0 Å². The first-order chi connectivity index (χ1) is 8.28. The van der Waals surface area contributed by atoms with E-state index in [1.165, 1.54) is 0 Å². The summed E-state index contributed by atoms with van der Waals surface area (Å²) in [5, 5.41) is 6.17. The van der Waals surface area contributed by atoms with Crippen molar-refractivity contribution in [2.45, 2.75) is 45.8 Å². The molecule has 1 aromatic carbocycles. The quantitative estimate of drug-likeness (QED) is 0.897. The Morgan fingerprint density at radius 1 is 1.28 bits per heavy atom. The fraction of sp³-hybridized carbons (Fsp3) is 0.500. The summed E-state index contributed by atoms with van der Waals surface area (Å²) in [5.74, 6) is 0.0274. The van der Waals surface area contributed by atoms with Gasteiger partial charge in [-0.2, -0.15) is 0 Å². The molecule has 0 saturated heterocycles. The minimum atomic E-state index is -0.201. The van der Waals surface area contributed by atoms with E-state index in [0.29, 0.717) is 6.54 Å². The Hall–Kier alpha value is -0.870. The standard InChI is InChI=1S/C14H21BrN2O/c1-10(13(18)17-14(2,3)4)16-9-11-5-7-12(15)8-6-11/h5-8,10,16H,9H2,1-4H3,(H,17,18). The minimum absolute atomic E-state index is 0.0274. The van der Waals surface area contributed by atoms with E-state index in [1.807, 2.05) is 52.0 Å². The number of carbonyl (C=O) groups excluding carboxylic acids is 1. The normalized spacial score (nSPS) is 13.2. The molecule has 0 aliphatic rings. The van der Waals surface area contributed by atoms with Crippen LogP contribution in [0, 0.1) is 0 Å². The summed E-state index contributed by atoms with van der Waals surface area (Å²) in [6.45, 7) is 8.50. The van der Waals surface area contributed by atoms with Crippen molar-refractivity contribution in [3.63, 3.8) is 0 Å². The number of hydrogen-bond acceptors (Lipinski definition) is 2. The molecule has 18 heavy (non-hydrogen) atoms. The smallest absolute Gasteiger partial charge is 0.237 e. The molecule has 0 aliphatic carbocycles. The highest BCUT2D eigenvalue weighted by atomic mass is 79.9. The van der Waals surface area contributed by atoms with Gasteiger partial charge in [0.05, 0.1) is 6.04 Å². The Kier molecular flexibility index (Phi) is 5.35. The van der Waals surface area contributed by atoms with Crippen LogP contribution < -0.4 is 10.6 Å². The van der Waals surface area contributed by atoms with Crippen LogP contribution >= 0.6 is 15.9 Å². The van der Waals surface area contributed by atoms with Gasteiger partial charge in [-0.15, -0.1) is 0 Å². The molecule has 1 rings (SSSR count). The minimum Gasteiger partial charge on any atom is -0.350 e. The van der Waals surface area contributed by atoms with Crippen LogP contribution in [0.3, 0.4) is 0 Å². The molecule has 1 amide bonds. The van der Waals surface area contributed by atoms with E-state index in [0.717, 1.165) is 10.0 Å². The van der Waals surface area contributed by atoms with Crippen molar-refractivity contribution in [1.29, 1.82) is 0 Å². The lowest BCUT2D eigenvalue weighted by Crippen LogP contribution is -2.49. The summed E-state index contributed by atoms with van der Waals surface area (Å²) in [4.78, 5) is 11.9. The van der Waals surface area contributed by atoms with Crippen molar-refractivity contribution in [3.05, 3.63) is 34.3 Å². The molecule has 0 aromatic heterocycles.